The number of nitrogens with one attached hydrogen (secondary N) is 2. The lowest BCUT2D eigenvalue weighted by Gasteiger charge is -2.08. The van der Waals surface area contributed by atoms with E-state index in [2.05, 4.69) is 28.0 Å². The van der Waals surface area contributed by atoms with Gasteiger partial charge in [-0.1, -0.05) is 36.8 Å². The second-order valence-corrected chi connectivity index (χ2v) is 7.24. The highest BCUT2D eigenvalue weighted by molar-refractivity contribution is 6.05. The molecule has 6 heteroatoms. The zero-order valence-electron chi connectivity index (χ0n) is 16.4. The van der Waals surface area contributed by atoms with Crippen LogP contribution in [0.2, 0.25) is 0 Å². The number of nitrogens with zero attached hydrogens (tertiary/aromatic N) is 2. The largest absolute Gasteiger partial charge is 0.352 e. The van der Waals surface area contributed by atoms with Crippen molar-refractivity contribution in [3.8, 4) is 0 Å². The van der Waals surface area contributed by atoms with Crippen LogP contribution in [-0.2, 0) is 13.5 Å². The number of imidazole rings is 1. The molecule has 0 spiro atoms. The lowest BCUT2D eigenvalue weighted by atomic mass is 10.1. The molecule has 0 saturated carbocycles. The maximum absolute atomic E-state index is 12.5. The van der Waals surface area contributed by atoms with Gasteiger partial charge in [0.1, 0.15) is 5.82 Å². The van der Waals surface area contributed by atoms with Crippen LogP contribution in [-0.4, -0.2) is 27.0 Å². The van der Waals surface area contributed by atoms with Gasteiger partial charge in [-0.3, -0.25) is 9.59 Å². The average molecular weight is 388 g/mol. The summed E-state index contributed by atoms with van der Waals surface area (Å²) < 4.78 is 2.15. The van der Waals surface area contributed by atoms with E-state index in [0.717, 1.165) is 47.9 Å². The zero-order chi connectivity index (χ0) is 20.2. The van der Waals surface area contributed by atoms with Gasteiger partial charge in [0.15, 0.2) is 0 Å². The fraction of sp³-hybridized carbons (Fsp3) is 0.261. The SMILES string of the molecule is Cn1c(CCCCCNC(=O)c2cc(=O)[nH]c3ccccc23)nc2ccccc21. The van der Waals surface area contributed by atoms with Crippen molar-refractivity contribution in [3.63, 3.8) is 0 Å². The number of amides is 1. The molecule has 2 N–H and O–H groups in total. The summed E-state index contributed by atoms with van der Waals surface area (Å²) >= 11 is 0. The number of aromatic nitrogens is 3. The third-order valence-corrected chi connectivity index (χ3v) is 5.24. The van der Waals surface area contributed by atoms with Gasteiger partial charge in [0, 0.05) is 37.0 Å². The molecule has 1 amide bonds. The van der Waals surface area contributed by atoms with Crippen molar-refractivity contribution in [2.45, 2.75) is 25.7 Å². The highest BCUT2D eigenvalue weighted by Gasteiger charge is 2.11. The fourth-order valence-electron chi connectivity index (χ4n) is 3.69. The summed E-state index contributed by atoms with van der Waals surface area (Å²) in [7, 11) is 2.05. The lowest BCUT2D eigenvalue weighted by Crippen LogP contribution is -2.26. The molecular formula is C23H24N4O2. The van der Waals surface area contributed by atoms with Crippen LogP contribution >= 0.6 is 0 Å². The quantitative estimate of drug-likeness (QED) is 0.475. The van der Waals surface area contributed by atoms with E-state index in [-0.39, 0.29) is 11.5 Å². The Morgan fingerprint density at radius 1 is 1.07 bits per heavy atom. The van der Waals surface area contributed by atoms with Crippen LogP contribution in [0.15, 0.2) is 59.4 Å². The Kier molecular flexibility index (Phi) is 5.42. The van der Waals surface area contributed by atoms with Crippen LogP contribution in [0, 0.1) is 0 Å². The molecule has 0 aliphatic carbocycles. The molecule has 2 aromatic carbocycles. The number of unbranched alkanes of at least 4 members (excludes halogenated alkanes) is 2. The van der Waals surface area contributed by atoms with E-state index in [9.17, 15) is 9.59 Å². The lowest BCUT2D eigenvalue weighted by molar-refractivity contribution is 0.0954. The summed E-state index contributed by atoms with van der Waals surface area (Å²) in [5.41, 5.74) is 3.01. The third kappa shape index (κ3) is 4.06. The molecule has 29 heavy (non-hydrogen) atoms. The molecule has 0 atom stereocenters. The van der Waals surface area contributed by atoms with Gasteiger partial charge in [-0.2, -0.15) is 0 Å². The smallest absolute Gasteiger partial charge is 0.252 e. The van der Waals surface area contributed by atoms with E-state index in [0.29, 0.717) is 17.6 Å². The van der Waals surface area contributed by atoms with Gasteiger partial charge in [-0.05, 0) is 31.0 Å². The fourth-order valence-corrected chi connectivity index (χ4v) is 3.69. The molecule has 2 heterocycles. The standard InChI is InChI=1S/C23H24N4O2/c1-27-20-12-7-6-11-19(20)25-21(27)13-3-2-8-14-24-23(29)17-15-22(28)26-18-10-5-4-9-16(17)18/h4-7,9-12,15H,2-3,8,13-14H2,1H3,(H,24,29)(H,26,28). The van der Waals surface area contributed by atoms with E-state index in [1.54, 1.807) is 6.07 Å². The van der Waals surface area contributed by atoms with Crippen molar-refractivity contribution < 1.29 is 4.79 Å². The van der Waals surface area contributed by atoms with E-state index in [4.69, 9.17) is 4.98 Å². The molecular weight excluding hydrogens is 364 g/mol. The summed E-state index contributed by atoms with van der Waals surface area (Å²) in [6, 6.07) is 16.9. The van der Waals surface area contributed by atoms with Gasteiger partial charge in [-0.25, -0.2) is 4.98 Å². The number of pyridine rings is 1. The van der Waals surface area contributed by atoms with Crippen molar-refractivity contribution in [3.05, 3.63) is 76.3 Å². The number of fused-ring (bicyclic) bond motifs is 2. The number of H-pyrrole nitrogens is 1. The van der Waals surface area contributed by atoms with Crippen molar-refractivity contribution in [2.24, 2.45) is 7.05 Å². The summed E-state index contributed by atoms with van der Waals surface area (Å²) in [5, 5.41) is 3.69. The van der Waals surface area contributed by atoms with Crippen molar-refractivity contribution in [2.75, 3.05) is 6.54 Å². The Morgan fingerprint density at radius 2 is 1.86 bits per heavy atom. The maximum atomic E-state index is 12.5. The van der Waals surface area contributed by atoms with Crippen LogP contribution in [0.5, 0.6) is 0 Å². The Bertz CT molecular complexity index is 1220. The van der Waals surface area contributed by atoms with Gasteiger partial charge in [-0.15, -0.1) is 0 Å². The number of aromatic amines is 1. The van der Waals surface area contributed by atoms with Crippen LogP contribution in [0.1, 0.15) is 35.4 Å². The molecule has 0 radical (unpaired) electrons. The highest BCUT2D eigenvalue weighted by Crippen LogP contribution is 2.16. The number of para-hydroxylation sites is 3. The van der Waals surface area contributed by atoms with E-state index in [1.807, 2.05) is 36.4 Å². The Hall–Kier alpha value is -3.41. The first-order chi connectivity index (χ1) is 14.1. The minimum atomic E-state index is -0.267. The normalized spacial score (nSPS) is 11.2. The molecule has 2 aromatic heterocycles. The summed E-state index contributed by atoms with van der Waals surface area (Å²) in [5.74, 6) is 0.882. The van der Waals surface area contributed by atoms with E-state index >= 15 is 0 Å². The summed E-state index contributed by atoms with van der Waals surface area (Å²) in [4.78, 5) is 31.8. The predicted octanol–water partition coefficient (Wildman–Crippen LogP) is 3.56. The Morgan fingerprint density at radius 3 is 2.72 bits per heavy atom. The third-order valence-electron chi connectivity index (χ3n) is 5.24. The number of hydrogen-bond acceptors (Lipinski definition) is 3. The topological polar surface area (TPSA) is 79.8 Å². The first kappa shape index (κ1) is 18.9. The van der Waals surface area contributed by atoms with Crippen molar-refractivity contribution in [1.82, 2.24) is 19.9 Å². The van der Waals surface area contributed by atoms with Gasteiger partial charge in [0.05, 0.1) is 16.6 Å². The molecule has 0 unspecified atom stereocenters. The van der Waals surface area contributed by atoms with Crippen LogP contribution in [0.4, 0.5) is 0 Å². The Labute approximate surface area is 168 Å². The second-order valence-electron chi connectivity index (χ2n) is 7.24. The van der Waals surface area contributed by atoms with E-state index in [1.165, 1.54) is 6.07 Å². The number of rotatable bonds is 7. The second kappa shape index (κ2) is 8.31. The summed E-state index contributed by atoms with van der Waals surface area (Å²) in [6.45, 7) is 0.586. The maximum Gasteiger partial charge on any atom is 0.252 e. The van der Waals surface area contributed by atoms with E-state index < -0.39 is 0 Å². The first-order valence-corrected chi connectivity index (χ1v) is 9.94. The average Bonchev–Trinajstić information content (AvgIpc) is 3.05. The number of carbonyl (C=O) groups is 1. The van der Waals surface area contributed by atoms with Gasteiger partial charge in [0.2, 0.25) is 5.56 Å². The van der Waals surface area contributed by atoms with Gasteiger partial charge >= 0.3 is 0 Å². The number of aryl methyl sites for hydroxylation is 2. The number of hydrogen-bond donors (Lipinski definition) is 2. The van der Waals surface area contributed by atoms with Crippen molar-refractivity contribution in [1.29, 1.82) is 0 Å². The van der Waals surface area contributed by atoms with Crippen molar-refractivity contribution >= 4 is 27.8 Å². The molecule has 0 aliphatic heterocycles. The van der Waals surface area contributed by atoms with Crippen LogP contribution in [0.25, 0.3) is 21.9 Å². The molecule has 4 rings (SSSR count). The monoisotopic (exact) mass is 388 g/mol. The van der Waals surface area contributed by atoms with Gasteiger partial charge in [0.25, 0.3) is 5.91 Å². The highest BCUT2D eigenvalue weighted by atomic mass is 16.2. The predicted molar refractivity (Wildman–Crippen MR) is 115 cm³/mol. The molecule has 148 valence electrons. The van der Waals surface area contributed by atoms with Crippen LogP contribution in [0.3, 0.4) is 0 Å². The van der Waals surface area contributed by atoms with Gasteiger partial charge < -0.3 is 14.9 Å². The minimum absolute atomic E-state index is 0.206. The summed E-state index contributed by atoms with van der Waals surface area (Å²) in [6.07, 6.45) is 3.81. The molecule has 4 aromatic rings. The number of carbonyl (C=O) groups excluding carboxylic acids is 1. The molecule has 0 saturated heterocycles. The minimum Gasteiger partial charge on any atom is -0.352 e. The molecule has 6 nitrogen and oxygen atoms in total. The molecule has 0 bridgehead atoms. The zero-order valence-corrected chi connectivity index (χ0v) is 16.4. The van der Waals surface area contributed by atoms with Crippen LogP contribution < -0.4 is 10.9 Å². The molecule has 0 aliphatic rings. The first-order valence-electron chi connectivity index (χ1n) is 9.94. The Balaban J connectivity index is 1.28. The number of benzene rings is 2. The molecule has 0 fully saturated rings.